The highest BCUT2D eigenvalue weighted by molar-refractivity contribution is 5.90. The second-order valence-corrected chi connectivity index (χ2v) is 4.00. The number of nitrogens with one attached hydrogen (secondary N) is 1. The Balaban J connectivity index is 2.06. The molecule has 0 atom stereocenters. The van der Waals surface area contributed by atoms with E-state index in [0.29, 0.717) is 12.4 Å². The van der Waals surface area contributed by atoms with E-state index in [1.807, 2.05) is 25.1 Å². The fraction of sp³-hybridized carbons (Fsp3) is 0.154. The molecule has 2 aromatic rings. The van der Waals surface area contributed by atoms with E-state index >= 15 is 0 Å². The molecule has 1 aromatic carbocycles. The lowest BCUT2D eigenvalue weighted by atomic mass is 10.1. The first kappa shape index (κ1) is 12.0. The van der Waals surface area contributed by atoms with Crippen LogP contribution >= 0.6 is 0 Å². The van der Waals surface area contributed by atoms with Gasteiger partial charge in [0.05, 0.1) is 12.4 Å². The maximum Gasteiger partial charge on any atom is 0.268 e. The molecule has 2 rings (SSSR count). The second kappa shape index (κ2) is 5.27. The van der Waals surface area contributed by atoms with Gasteiger partial charge in [-0.05, 0) is 12.5 Å². The highest BCUT2D eigenvalue weighted by Gasteiger charge is 2.03. The molecule has 5 heteroatoms. The van der Waals surface area contributed by atoms with Crippen molar-refractivity contribution in [3.63, 3.8) is 0 Å². The minimum absolute atomic E-state index is 0.157. The van der Waals surface area contributed by atoms with E-state index in [0.717, 1.165) is 5.56 Å². The average molecular weight is 242 g/mol. The molecule has 0 aliphatic heterocycles. The van der Waals surface area contributed by atoms with Gasteiger partial charge in [-0.3, -0.25) is 9.78 Å². The largest absolute Gasteiger partial charge is 0.365 e. The lowest BCUT2D eigenvalue weighted by Crippen LogP contribution is -2.14. The van der Waals surface area contributed by atoms with Gasteiger partial charge >= 0.3 is 0 Å². The van der Waals surface area contributed by atoms with Crippen molar-refractivity contribution in [3.8, 4) is 0 Å². The number of nitrogens with two attached hydrogens (primary N) is 1. The number of hydrogen-bond acceptors (Lipinski definition) is 4. The van der Waals surface area contributed by atoms with Gasteiger partial charge in [0, 0.05) is 6.54 Å². The van der Waals surface area contributed by atoms with Crippen LogP contribution in [-0.4, -0.2) is 15.9 Å². The fourth-order valence-corrected chi connectivity index (χ4v) is 1.58. The summed E-state index contributed by atoms with van der Waals surface area (Å²) in [6, 6.07) is 8.14. The summed E-state index contributed by atoms with van der Waals surface area (Å²) in [5, 5.41) is 3.10. The van der Waals surface area contributed by atoms with Crippen LogP contribution in [-0.2, 0) is 6.54 Å². The molecule has 0 radical (unpaired) electrons. The molecule has 0 aliphatic rings. The van der Waals surface area contributed by atoms with Gasteiger partial charge in [0.1, 0.15) is 11.5 Å². The summed E-state index contributed by atoms with van der Waals surface area (Å²) in [6.07, 6.45) is 2.91. The predicted molar refractivity (Wildman–Crippen MR) is 69.1 cm³/mol. The van der Waals surface area contributed by atoms with Gasteiger partial charge in [-0.25, -0.2) is 4.98 Å². The molecule has 0 spiro atoms. The van der Waals surface area contributed by atoms with E-state index in [-0.39, 0.29) is 5.69 Å². The predicted octanol–water partition coefficient (Wildman–Crippen LogP) is 1.50. The summed E-state index contributed by atoms with van der Waals surface area (Å²) in [6.45, 7) is 2.66. The normalized spacial score (nSPS) is 10.1. The Bertz CT molecular complexity index is 568. The molecule has 1 aromatic heterocycles. The van der Waals surface area contributed by atoms with Crippen molar-refractivity contribution in [2.75, 3.05) is 5.32 Å². The third kappa shape index (κ3) is 3.04. The SMILES string of the molecule is Cc1cccc(CNc2cncc(C(N)=O)n2)c1. The monoisotopic (exact) mass is 242 g/mol. The van der Waals surface area contributed by atoms with Gasteiger partial charge in [-0.1, -0.05) is 29.8 Å². The minimum atomic E-state index is -0.582. The Hall–Kier alpha value is -2.43. The number of hydrogen-bond donors (Lipinski definition) is 2. The van der Waals surface area contributed by atoms with Crippen LogP contribution in [0.15, 0.2) is 36.7 Å². The van der Waals surface area contributed by atoms with Gasteiger partial charge in [-0.15, -0.1) is 0 Å². The van der Waals surface area contributed by atoms with E-state index in [2.05, 4.69) is 21.4 Å². The van der Waals surface area contributed by atoms with Gasteiger partial charge < -0.3 is 11.1 Å². The quantitative estimate of drug-likeness (QED) is 0.851. The second-order valence-electron chi connectivity index (χ2n) is 4.00. The van der Waals surface area contributed by atoms with Crippen molar-refractivity contribution in [1.29, 1.82) is 0 Å². The van der Waals surface area contributed by atoms with Crippen LogP contribution in [0.4, 0.5) is 5.82 Å². The summed E-state index contributed by atoms with van der Waals surface area (Å²) in [5.74, 6) is -0.0467. The molecule has 0 saturated carbocycles. The van der Waals surface area contributed by atoms with E-state index in [9.17, 15) is 4.79 Å². The number of carbonyl (C=O) groups excluding carboxylic acids is 1. The Morgan fingerprint density at radius 3 is 2.94 bits per heavy atom. The van der Waals surface area contributed by atoms with Crippen LogP contribution < -0.4 is 11.1 Å². The number of carbonyl (C=O) groups is 1. The number of aromatic nitrogens is 2. The molecular formula is C13H14N4O. The van der Waals surface area contributed by atoms with Crippen LogP contribution in [0, 0.1) is 6.92 Å². The first-order chi connectivity index (χ1) is 8.65. The van der Waals surface area contributed by atoms with Crippen molar-refractivity contribution in [2.45, 2.75) is 13.5 Å². The molecule has 0 unspecified atom stereocenters. The fourth-order valence-electron chi connectivity index (χ4n) is 1.58. The number of amides is 1. The van der Waals surface area contributed by atoms with Crippen molar-refractivity contribution in [2.24, 2.45) is 5.73 Å². The lowest BCUT2D eigenvalue weighted by molar-refractivity contribution is 0.0995. The van der Waals surface area contributed by atoms with Crippen LogP contribution in [0.25, 0.3) is 0 Å². The van der Waals surface area contributed by atoms with E-state index in [4.69, 9.17) is 5.73 Å². The van der Waals surface area contributed by atoms with Crippen LogP contribution in [0.1, 0.15) is 21.6 Å². The molecule has 18 heavy (non-hydrogen) atoms. The Morgan fingerprint density at radius 2 is 2.22 bits per heavy atom. The zero-order chi connectivity index (χ0) is 13.0. The van der Waals surface area contributed by atoms with Crippen molar-refractivity contribution < 1.29 is 4.79 Å². The molecule has 1 amide bonds. The summed E-state index contributed by atoms with van der Waals surface area (Å²) in [4.78, 5) is 18.9. The molecule has 5 nitrogen and oxygen atoms in total. The third-order valence-corrected chi connectivity index (χ3v) is 2.44. The highest BCUT2D eigenvalue weighted by atomic mass is 16.1. The van der Waals surface area contributed by atoms with Gasteiger partial charge in [-0.2, -0.15) is 0 Å². The van der Waals surface area contributed by atoms with Gasteiger partial charge in [0.25, 0.3) is 5.91 Å². The zero-order valence-electron chi connectivity index (χ0n) is 10.1. The summed E-state index contributed by atoms with van der Waals surface area (Å²) in [7, 11) is 0. The standard InChI is InChI=1S/C13H14N4O/c1-9-3-2-4-10(5-9)6-16-12-8-15-7-11(17-12)13(14)18/h2-5,7-8H,6H2,1H3,(H2,14,18)(H,16,17). The average Bonchev–Trinajstić information content (AvgIpc) is 2.37. The number of rotatable bonds is 4. The van der Waals surface area contributed by atoms with Crippen molar-refractivity contribution in [1.82, 2.24) is 9.97 Å². The van der Waals surface area contributed by atoms with Crippen molar-refractivity contribution in [3.05, 3.63) is 53.5 Å². The van der Waals surface area contributed by atoms with Crippen molar-refractivity contribution >= 4 is 11.7 Å². The highest BCUT2D eigenvalue weighted by Crippen LogP contribution is 2.07. The van der Waals surface area contributed by atoms with Gasteiger partial charge in [0.2, 0.25) is 0 Å². The molecule has 0 fully saturated rings. The Morgan fingerprint density at radius 1 is 1.39 bits per heavy atom. The number of anilines is 1. The van der Waals surface area contributed by atoms with E-state index < -0.39 is 5.91 Å². The molecule has 0 saturated heterocycles. The van der Waals surface area contributed by atoms with Crippen LogP contribution in [0.2, 0.25) is 0 Å². The van der Waals surface area contributed by atoms with E-state index in [1.54, 1.807) is 6.20 Å². The molecule has 0 bridgehead atoms. The maximum atomic E-state index is 11.0. The molecule has 1 heterocycles. The number of benzene rings is 1. The summed E-state index contributed by atoms with van der Waals surface area (Å²) in [5.41, 5.74) is 7.64. The summed E-state index contributed by atoms with van der Waals surface area (Å²) >= 11 is 0. The topological polar surface area (TPSA) is 80.9 Å². The first-order valence-electron chi connectivity index (χ1n) is 5.56. The summed E-state index contributed by atoms with van der Waals surface area (Å²) < 4.78 is 0. The lowest BCUT2D eigenvalue weighted by Gasteiger charge is -2.06. The maximum absolute atomic E-state index is 11.0. The van der Waals surface area contributed by atoms with Gasteiger partial charge in [0.15, 0.2) is 0 Å². The molecule has 3 N–H and O–H groups in total. The van der Waals surface area contributed by atoms with Crippen LogP contribution in [0.3, 0.4) is 0 Å². The smallest absolute Gasteiger partial charge is 0.268 e. The number of aryl methyl sites for hydroxylation is 1. The molecule has 0 aliphatic carbocycles. The Labute approximate surface area is 105 Å². The van der Waals surface area contributed by atoms with Crippen LogP contribution in [0.5, 0.6) is 0 Å². The van der Waals surface area contributed by atoms with E-state index in [1.165, 1.54) is 11.8 Å². The molecule has 92 valence electrons. The number of nitrogens with zero attached hydrogens (tertiary/aromatic N) is 2. The zero-order valence-corrected chi connectivity index (χ0v) is 10.1. The molecular weight excluding hydrogens is 228 g/mol. The third-order valence-electron chi connectivity index (χ3n) is 2.44. The Kier molecular flexibility index (Phi) is 3.52. The minimum Gasteiger partial charge on any atom is -0.365 e. The first-order valence-corrected chi connectivity index (χ1v) is 5.56. The number of primary amides is 1.